The van der Waals surface area contributed by atoms with E-state index in [0.29, 0.717) is 11.3 Å². The molecule has 0 atom stereocenters. The third-order valence-electron chi connectivity index (χ3n) is 2.97. The average Bonchev–Trinajstić information content (AvgIpc) is 2.48. The number of nitro groups is 1. The van der Waals surface area contributed by atoms with Crippen molar-refractivity contribution in [2.75, 3.05) is 14.2 Å². The van der Waals surface area contributed by atoms with E-state index in [4.69, 9.17) is 9.47 Å². The second-order valence-electron chi connectivity index (χ2n) is 4.25. The minimum absolute atomic E-state index is 0.0539. The summed E-state index contributed by atoms with van der Waals surface area (Å²) in [5.74, 6) is 0.194. The van der Waals surface area contributed by atoms with Crippen LogP contribution in [0.15, 0.2) is 41.3 Å². The first-order chi connectivity index (χ1) is 10.1. The molecule has 2 aromatic rings. The second-order valence-corrected chi connectivity index (χ2v) is 4.25. The highest BCUT2D eigenvalue weighted by Gasteiger charge is 2.14. The number of rotatable bonds is 5. The minimum atomic E-state index is -0.489. The standard InChI is InChI=1S/C14H14N2O5/c1-20-9-10-8-11(16(18)19)5-6-12(10)15-7-3-4-13(21-2)14(15)17/h3-8H,9H2,1-2H3. The largest absolute Gasteiger partial charge is 0.491 e. The Morgan fingerprint density at radius 3 is 2.67 bits per heavy atom. The topological polar surface area (TPSA) is 83.6 Å². The van der Waals surface area contributed by atoms with Crippen LogP contribution in [0.2, 0.25) is 0 Å². The maximum absolute atomic E-state index is 12.2. The lowest BCUT2D eigenvalue weighted by Gasteiger charge is -2.12. The van der Waals surface area contributed by atoms with Gasteiger partial charge in [-0.25, -0.2) is 0 Å². The number of ether oxygens (including phenoxy) is 2. The smallest absolute Gasteiger partial charge is 0.297 e. The molecule has 2 rings (SSSR count). The molecule has 7 nitrogen and oxygen atoms in total. The van der Waals surface area contributed by atoms with Gasteiger partial charge in [-0.3, -0.25) is 19.5 Å². The van der Waals surface area contributed by atoms with Crippen molar-refractivity contribution in [1.82, 2.24) is 4.57 Å². The molecule has 0 saturated heterocycles. The Balaban J connectivity index is 2.63. The van der Waals surface area contributed by atoms with Crippen molar-refractivity contribution >= 4 is 5.69 Å². The summed E-state index contributed by atoms with van der Waals surface area (Å²) >= 11 is 0. The van der Waals surface area contributed by atoms with Gasteiger partial charge in [0.05, 0.1) is 24.3 Å². The van der Waals surface area contributed by atoms with Gasteiger partial charge in [-0.2, -0.15) is 0 Å². The molecule has 110 valence electrons. The van der Waals surface area contributed by atoms with Gasteiger partial charge in [0.1, 0.15) is 0 Å². The Morgan fingerprint density at radius 2 is 2.05 bits per heavy atom. The zero-order valence-electron chi connectivity index (χ0n) is 11.6. The van der Waals surface area contributed by atoms with Crippen molar-refractivity contribution < 1.29 is 14.4 Å². The van der Waals surface area contributed by atoms with E-state index in [1.807, 2.05) is 0 Å². The first kappa shape index (κ1) is 14.7. The summed E-state index contributed by atoms with van der Waals surface area (Å²) in [6, 6.07) is 7.48. The number of aromatic nitrogens is 1. The number of non-ortho nitro benzene ring substituents is 1. The maximum Gasteiger partial charge on any atom is 0.297 e. The Bertz CT molecular complexity index is 724. The van der Waals surface area contributed by atoms with Crippen molar-refractivity contribution in [2.45, 2.75) is 6.61 Å². The molecule has 0 unspecified atom stereocenters. The van der Waals surface area contributed by atoms with E-state index in [2.05, 4.69) is 0 Å². The van der Waals surface area contributed by atoms with Gasteiger partial charge >= 0.3 is 0 Å². The summed E-state index contributed by atoms with van der Waals surface area (Å²) in [6.07, 6.45) is 1.57. The normalized spacial score (nSPS) is 10.4. The quantitative estimate of drug-likeness (QED) is 0.620. The zero-order chi connectivity index (χ0) is 15.4. The highest BCUT2D eigenvalue weighted by Crippen LogP contribution is 2.21. The molecule has 21 heavy (non-hydrogen) atoms. The molecule has 0 fully saturated rings. The lowest BCUT2D eigenvalue weighted by atomic mass is 10.1. The van der Waals surface area contributed by atoms with Crippen molar-refractivity contribution in [3.05, 3.63) is 62.6 Å². The summed E-state index contributed by atoms with van der Waals surface area (Å²) in [5, 5.41) is 10.8. The first-order valence-electron chi connectivity index (χ1n) is 6.10. The van der Waals surface area contributed by atoms with Crippen molar-refractivity contribution in [2.24, 2.45) is 0 Å². The van der Waals surface area contributed by atoms with Gasteiger partial charge in [0.15, 0.2) is 5.75 Å². The molecule has 0 aliphatic rings. The van der Waals surface area contributed by atoms with E-state index < -0.39 is 4.92 Å². The summed E-state index contributed by atoms with van der Waals surface area (Å²) in [7, 11) is 2.89. The predicted octanol–water partition coefficient (Wildman–Crippen LogP) is 1.90. The van der Waals surface area contributed by atoms with Gasteiger partial charge < -0.3 is 9.47 Å². The fourth-order valence-corrected chi connectivity index (χ4v) is 2.01. The van der Waals surface area contributed by atoms with Crippen molar-refractivity contribution in [3.63, 3.8) is 0 Å². The van der Waals surface area contributed by atoms with Crippen LogP contribution in [0.1, 0.15) is 5.56 Å². The number of methoxy groups -OCH3 is 2. The number of nitro benzene ring substituents is 1. The lowest BCUT2D eigenvalue weighted by molar-refractivity contribution is -0.384. The number of hydrogen-bond donors (Lipinski definition) is 0. The fourth-order valence-electron chi connectivity index (χ4n) is 2.01. The van der Waals surface area contributed by atoms with Crippen LogP contribution < -0.4 is 10.3 Å². The number of benzene rings is 1. The number of hydrogen-bond acceptors (Lipinski definition) is 5. The van der Waals surface area contributed by atoms with Crippen LogP contribution in [0, 0.1) is 10.1 Å². The third-order valence-corrected chi connectivity index (χ3v) is 2.97. The van der Waals surface area contributed by atoms with Crippen LogP contribution in [0.25, 0.3) is 5.69 Å². The molecule has 1 heterocycles. The predicted molar refractivity (Wildman–Crippen MR) is 76.0 cm³/mol. The molecule has 1 aromatic heterocycles. The summed E-state index contributed by atoms with van der Waals surface area (Å²) in [6.45, 7) is 0.153. The van der Waals surface area contributed by atoms with Crippen LogP contribution in [0.5, 0.6) is 5.75 Å². The van der Waals surface area contributed by atoms with Gasteiger partial charge in [0.25, 0.3) is 11.2 Å². The number of nitrogens with zero attached hydrogens (tertiary/aromatic N) is 2. The molecule has 0 N–H and O–H groups in total. The Hall–Kier alpha value is -2.67. The van der Waals surface area contributed by atoms with Crippen LogP contribution in [-0.4, -0.2) is 23.7 Å². The molecule has 0 bridgehead atoms. The van der Waals surface area contributed by atoms with E-state index in [0.717, 1.165) is 0 Å². The Labute approximate surface area is 120 Å². The highest BCUT2D eigenvalue weighted by atomic mass is 16.6. The van der Waals surface area contributed by atoms with Crippen LogP contribution in [0.4, 0.5) is 5.69 Å². The maximum atomic E-state index is 12.2. The van der Waals surface area contributed by atoms with Crippen LogP contribution in [0.3, 0.4) is 0 Å². The van der Waals surface area contributed by atoms with Gasteiger partial charge in [0.2, 0.25) is 0 Å². The monoisotopic (exact) mass is 290 g/mol. The summed E-state index contributed by atoms with van der Waals surface area (Å²) < 4.78 is 11.4. The van der Waals surface area contributed by atoms with Crippen LogP contribution in [-0.2, 0) is 11.3 Å². The van der Waals surface area contributed by atoms with Crippen molar-refractivity contribution in [1.29, 1.82) is 0 Å². The zero-order valence-corrected chi connectivity index (χ0v) is 11.6. The molecule has 0 radical (unpaired) electrons. The molecular formula is C14H14N2O5. The van der Waals surface area contributed by atoms with Gasteiger partial charge in [-0.05, 0) is 18.2 Å². The van der Waals surface area contributed by atoms with Crippen molar-refractivity contribution in [3.8, 4) is 11.4 Å². The summed E-state index contributed by atoms with van der Waals surface area (Å²) in [5.41, 5.74) is 0.668. The molecule has 0 saturated carbocycles. The fraction of sp³-hybridized carbons (Fsp3) is 0.214. The highest BCUT2D eigenvalue weighted by molar-refractivity contribution is 5.49. The first-order valence-corrected chi connectivity index (χ1v) is 6.10. The SMILES string of the molecule is COCc1cc([N+](=O)[O-])ccc1-n1cccc(OC)c1=O. The minimum Gasteiger partial charge on any atom is -0.491 e. The molecule has 0 aliphatic heterocycles. The molecule has 0 amide bonds. The van der Waals surface area contributed by atoms with Crippen LogP contribution >= 0.6 is 0 Å². The van der Waals surface area contributed by atoms with E-state index in [1.165, 1.54) is 37.0 Å². The molecule has 0 spiro atoms. The molecule has 7 heteroatoms. The Kier molecular flexibility index (Phi) is 4.34. The summed E-state index contributed by atoms with van der Waals surface area (Å²) in [4.78, 5) is 22.6. The van der Waals surface area contributed by atoms with Gasteiger partial charge in [-0.1, -0.05) is 0 Å². The van der Waals surface area contributed by atoms with E-state index in [1.54, 1.807) is 18.3 Å². The second kappa shape index (κ2) is 6.19. The van der Waals surface area contributed by atoms with Gasteiger partial charge in [0, 0.05) is 31.0 Å². The van der Waals surface area contributed by atoms with Gasteiger partial charge in [-0.15, -0.1) is 0 Å². The van der Waals surface area contributed by atoms with E-state index in [-0.39, 0.29) is 23.6 Å². The number of pyridine rings is 1. The van der Waals surface area contributed by atoms with E-state index in [9.17, 15) is 14.9 Å². The Morgan fingerprint density at radius 1 is 1.29 bits per heavy atom. The van der Waals surface area contributed by atoms with E-state index >= 15 is 0 Å². The third kappa shape index (κ3) is 2.92. The molecule has 1 aromatic carbocycles. The molecule has 0 aliphatic carbocycles. The lowest BCUT2D eigenvalue weighted by Crippen LogP contribution is -2.20. The molecular weight excluding hydrogens is 276 g/mol. The average molecular weight is 290 g/mol.